The number of carbonyl (C=O) groups excluding carboxylic acids is 1. The average Bonchev–Trinajstić information content (AvgIpc) is 2.80. The first kappa shape index (κ1) is 25.2. The molecule has 170 valence electrons. The maximum Gasteiger partial charge on any atom is 0.223 e. The van der Waals surface area contributed by atoms with Gasteiger partial charge < -0.3 is 4.90 Å². The fraction of sp³-hybridized carbons (Fsp3) is 0.552. The highest BCUT2D eigenvalue weighted by Gasteiger charge is 2.14. The van der Waals surface area contributed by atoms with E-state index in [1.807, 2.05) is 41.3 Å². The van der Waals surface area contributed by atoms with Crippen LogP contribution in [0.3, 0.4) is 0 Å². The maximum atomic E-state index is 13.0. The molecule has 0 fully saturated rings. The molecule has 0 aliphatic heterocycles. The van der Waals surface area contributed by atoms with Crippen LogP contribution in [0.25, 0.3) is 0 Å². The van der Waals surface area contributed by atoms with E-state index in [9.17, 15) is 4.79 Å². The minimum absolute atomic E-state index is 0.278. The first-order valence-electron chi connectivity index (χ1n) is 12.6. The summed E-state index contributed by atoms with van der Waals surface area (Å²) in [6.07, 6.45) is 16.5. The van der Waals surface area contributed by atoms with Crippen molar-refractivity contribution >= 4 is 5.91 Å². The molecule has 0 saturated carbocycles. The fourth-order valence-electron chi connectivity index (χ4n) is 4.12. The van der Waals surface area contributed by atoms with Crippen molar-refractivity contribution in [2.24, 2.45) is 0 Å². The zero-order chi connectivity index (χ0) is 22.0. The zero-order valence-corrected chi connectivity index (χ0v) is 19.7. The highest BCUT2D eigenvalue weighted by Crippen LogP contribution is 2.15. The first-order chi connectivity index (χ1) is 15.3. The molecule has 0 saturated heterocycles. The number of unbranched alkanes of at least 4 members (excludes halogenated alkanes) is 11. The number of carbonyl (C=O) groups is 1. The van der Waals surface area contributed by atoms with E-state index in [1.165, 1.54) is 81.8 Å². The van der Waals surface area contributed by atoms with E-state index in [4.69, 9.17) is 0 Å². The molecule has 0 radical (unpaired) electrons. The van der Waals surface area contributed by atoms with Gasteiger partial charge in [-0.05, 0) is 17.5 Å². The molecule has 0 aliphatic rings. The molecule has 2 nitrogen and oxygen atoms in total. The Morgan fingerprint density at radius 2 is 0.968 bits per heavy atom. The number of hydrogen-bond donors (Lipinski definition) is 0. The van der Waals surface area contributed by atoms with Gasteiger partial charge in [0, 0.05) is 19.5 Å². The highest BCUT2D eigenvalue weighted by molar-refractivity contribution is 5.76. The molecular weight excluding hydrogens is 378 g/mol. The molecular formula is C29H43NO. The lowest BCUT2D eigenvalue weighted by Crippen LogP contribution is -2.29. The molecule has 2 aromatic rings. The van der Waals surface area contributed by atoms with Crippen molar-refractivity contribution in [2.45, 2.75) is 103 Å². The third kappa shape index (κ3) is 11.8. The molecule has 0 heterocycles. The van der Waals surface area contributed by atoms with E-state index in [2.05, 4.69) is 31.2 Å². The minimum Gasteiger partial charge on any atom is -0.334 e. The molecule has 0 spiro atoms. The summed E-state index contributed by atoms with van der Waals surface area (Å²) in [5.74, 6) is 0.278. The lowest BCUT2D eigenvalue weighted by Gasteiger charge is -2.23. The van der Waals surface area contributed by atoms with E-state index in [1.54, 1.807) is 0 Å². The topological polar surface area (TPSA) is 20.3 Å². The van der Waals surface area contributed by atoms with Crippen LogP contribution < -0.4 is 0 Å². The Bertz CT molecular complexity index is 641. The van der Waals surface area contributed by atoms with Crippen LogP contribution in [-0.2, 0) is 17.9 Å². The average molecular weight is 422 g/mol. The summed E-state index contributed by atoms with van der Waals surface area (Å²) >= 11 is 0. The number of rotatable bonds is 17. The van der Waals surface area contributed by atoms with Gasteiger partial charge in [-0.2, -0.15) is 0 Å². The van der Waals surface area contributed by atoms with E-state index in [0.717, 1.165) is 6.42 Å². The van der Waals surface area contributed by atoms with Crippen LogP contribution in [0.1, 0.15) is 102 Å². The van der Waals surface area contributed by atoms with E-state index in [0.29, 0.717) is 19.5 Å². The summed E-state index contributed by atoms with van der Waals surface area (Å²) < 4.78 is 0. The van der Waals surface area contributed by atoms with Crippen LogP contribution >= 0.6 is 0 Å². The predicted molar refractivity (Wildman–Crippen MR) is 133 cm³/mol. The lowest BCUT2D eigenvalue weighted by atomic mass is 10.0. The Kier molecular flexibility index (Phi) is 13.5. The molecule has 2 rings (SSSR count). The van der Waals surface area contributed by atoms with Crippen LogP contribution in [0.4, 0.5) is 0 Å². The van der Waals surface area contributed by atoms with E-state index in [-0.39, 0.29) is 5.91 Å². The molecule has 2 heteroatoms. The lowest BCUT2D eigenvalue weighted by molar-refractivity contribution is -0.132. The van der Waals surface area contributed by atoms with Gasteiger partial charge in [-0.15, -0.1) is 0 Å². The predicted octanol–water partition coefficient (Wildman–Crippen LogP) is 8.31. The van der Waals surface area contributed by atoms with Crippen molar-refractivity contribution in [1.82, 2.24) is 4.90 Å². The van der Waals surface area contributed by atoms with Crippen molar-refractivity contribution in [1.29, 1.82) is 0 Å². The van der Waals surface area contributed by atoms with Gasteiger partial charge in [-0.1, -0.05) is 138 Å². The van der Waals surface area contributed by atoms with Gasteiger partial charge in [0.25, 0.3) is 0 Å². The van der Waals surface area contributed by atoms with Gasteiger partial charge in [0.05, 0.1) is 0 Å². The largest absolute Gasteiger partial charge is 0.334 e. The smallest absolute Gasteiger partial charge is 0.223 e. The Morgan fingerprint density at radius 3 is 1.39 bits per heavy atom. The quantitative estimate of drug-likeness (QED) is 0.235. The number of benzene rings is 2. The van der Waals surface area contributed by atoms with Gasteiger partial charge in [-0.3, -0.25) is 4.79 Å². The van der Waals surface area contributed by atoms with Crippen LogP contribution in [0, 0.1) is 0 Å². The second kappa shape index (κ2) is 16.6. The van der Waals surface area contributed by atoms with Crippen molar-refractivity contribution in [3.8, 4) is 0 Å². The van der Waals surface area contributed by atoms with Crippen LogP contribution in [0.5, 0.6) is 0 Å². The number of amides is 1. The zero-order valence-electron chi connectivity index (χ0n) is 19.7. The minimum atomic E-state index is 0.278. The SMILES string of the molecule is CCCCCCCCCCCCCCC(=O)N(Cc1ccccc1)Cc1ccccc1. The summed E-state index contributed by atoms with van der Waals surface area (Å²) in [5.41, 5.74) is 2.39. The van der Waals surface area contributed by atoms with Gasteiger partial charge in [0.2, 0.25) is 5.91 Å². The Hall–Kier alpha value is -2.09. The third-order valence-electron chi connectivity index (χ3n) is 6.03. The second-order valence-electron chi connectivity index (χ2n) is 8.86. The van der Waals surface area contributed by atoms with Crippen molar-refractivity contribution in [2.75, 3.05) is 0 Å². The van der Waals surface area contributed by atoms with Crippen LogP contribution in [0.2, 0.25) is 0 Å². The molecule has 0 atom stereocenters. The summed E-state index contributed by atoms with van der Waals surface area (Å²) in [4.78, 5) is 15.0. The van der Waals surface area contributed by atoms with Gasteiger partial charge >= 0.3 is 0 Å². The van der Waals surface area contributed by atoms with Crippen molar-refractivity contribution < 1.29 is 4.79 Å². The van der Waals surface area contributed by atoms with Crippen molar-refractivity contribution in [3.05, 3.63) is 71.8 Å². The maximum absolute atomic E-state index is 13.0. The molecule has 0 aliphatic carbocycles. The Balaban J connectivity index is 1.63. The first-order valence-corrected chi connectivity index (χ1v) is 12.6. The molecule has 1 amide bonds. The molecule has 0 aromatic heterocycles. The standard InChI is InChI=1S/C29H43NO/c1-2-3-4-5-6-7-8-9-10-11-12-19-24-29(31)30(25-27-20-15-13-16-21-27)26-28-22-17-14-18-23-28/h13-18,20-23H,2-12,19,24-26H2,1H3. The molecule has 0 unspecified atom stereocenters. The summed E-state index contributed by atoms with van der Waals surface area (Å²) in [7, 11) is 0. The normalized spacial score (nSPS) is 10.9. The van der Waals surface area contributed by atoms with Gasteiger partial charge in [-0.25, -0.2) is 0 Å². The summed E-state index contributed by atoms with van der Waals surface area (Å²) in [6, 6.07) is 20.7. The summed E-state index contributed by atoms with van der Waals surface area (Å²) in [6.45, 7) is 3.65. The Labute approximate surface area is 191 Å². The summed E-state index contributed by atoms with van der Waals surface area (Å²) in [5, 5.41) is 0. The third-order valence-corrected chi connectivity index (χ3v) is 6.03. The number of nitrogens with zero attached hydrogens (tertiary/aromatic N) is 1. The molecule has 2 aromatic carbocycles. The Morgan fingerprint density at radius 1 is 0.581 bits per heavy atom. The van der Waals surface area contributed by atoms with E-state index >= 15 is 0 Å². The second-order valence-corrected chi connectivity index (χ2v) is 8.86. The van der Waals surface area contributed by atoms with Crippen LogP contribution in [0.15, 0.2) is 60.7 Å². The van der Waals surface area contributed by atoms with Gasteiger partial charge in [0.1, 0.15) is 0 Å². The van der Waals surface area contributed by atoms with Crippen molar-refractivity contribution in [3.63, 3.8) is 0 Å². The number of hydrogen-bond acceptors (Lipinski definition) is 1. The molecule has 31 heavy (non-hydrogen) atoms. The van der Waals surface area contributed by atoms with Gasteiger partial charge in [0.15, 0.2) is 0 Å². The van der Waals surface area contributed by atoms with E-state index < -0.39 is 0 Å². The monoisotopic (exact) mass is 421 g/mol. The highest BCUT2D eigenvalue weighted by atomic mass is 16.2. The van der Waals surface area contributed by atoms with Crippen LogP contribution in [-0.4, -0.2) is 10.8 Å². The molecule has 0 bridgehead atoms. The molecule has 0 N–H and O–H groups in total. The fourth-order valence-corrected chi connectivity index (χ4v) is 4.12.